The maximum absolute atomic E-state index is 4.59. The lowest BCUT2D eigenvalue weighted by Gasteiger charge is -2.10. The number of aromatic nitrogens is 5. The molecule has 0 bridgehead atoms. The summed E-state index contributed by atoms with van der Waals surface area (Å²) in [6.45, 7) is 1.31. The van der Waals surface area contributed by atoms with Crippen molar-refractivity contribution in [3.8, 4) is 0 Å². The van der Waals surface area contributed by atoms with E-state index < -0.39 is 0 Å². The molecule has 3 heterocycles. The van der Waals surface area contributed by atoms with E-state index >= 15 is 0 Å². The number of halogens is 1. The fraction of sp³-hybridized carbons (Fsp3) is 0.0833. The Morgan fingerprint density at radius 1 is 0.906 bits per heavy atom. The molecule has 0 aliphatic heterocycles. The monoisotopic (exact) mass is 485 g/mol. The first-order chi connectivity index (χ1) is 15.7. The Balaban J connectivity index is 1.32. The molecule has 0 aliphatic carbocycles. The van der Waals surface area contributed by atoms with Crippen LogP contribution in [0.2, 0.25) is 0 Å². The topological polar surface area (TPSA) is 80.5 Å². The minimum Gasteiger partial charge on any atom is -0.363 e. The molecule has 0 saturated heterocycles. The van der Waals surface area contributed by atoms with Gasteiger partial charge in [0.15, 0.2) is 0 Å². The van der Waals surface area contributed by atoms with E-state index in [4.69, 9.17) is 0 Å². The first kappa shape index (κ1) is 20.1. The number of nitrogens with zero attached hydrogens (tertiary/aromatic N) is 5. The summed E-state index contributed by atoms with van der Waals surface area (Å²) in [7, 11) is 0. The maximum Gasteiger partial charge on any atom is 0.229 e. The summed E-state index contributed by atoms with van der Waals surface area (Å²) in [5.41, 5.74) is 4.13. The molecule has 0 radical (unpaired) electrons. The number of pyridine rings is 1. The molecule has 0 spiro atoms. The first-order valence-corrected chi connectivity index (χ1v) is 11.0. The average molecular weight is 486 g/mol. The molecule has 32 heavy (non-hydrogen) atoms. The number of hydrogen-bond donors (Lipinski definition) is 2. The fourth-order valence-corrected chi connectivity index (χ4v) is 3.74. The summed E-state index contributed by atoms with van der Waals surface area (Å²) in [5, 5.41) is 12.2. The number of anilines is 3. The SMILES string of the molecule is Brc1cnc(Nc2ccc3c(cnn3Cc3ccccc3)c2)nc1NCc1ccccn1. The van der Waals surface area contributed by atoms with Gasteiger partial charge >= 0.3 is 0 Å². The summed E-state index contributed by atoms with van der Waals surface area (Å²) >= 11 is 3.51. The molecule has 3 aromatic heterocycles. The van der Waals surface area contributed by atoms with Crippen LogP contribution >= 0.6 is 15.9 Å². The summed E-state index contributed by atoms with van der Waals surface area (Å²) in [5.74, 6) is 1.21. The molecule has 0 unspecified atom stereocenters. The van der Waals surface area contributed by atoms with Crippen molar-refractivity contribution < 1.29 is 0 Å². The quantitative estimate of drug-likeness (QED) is 0.321. The van der Waals surface area contributed by atoms with Gasteiger partial charge in [-0.2, -0.15) is 10.1 Å². The molecular weight excluding hydrogens is 466 g/mol. The van der Waals surface area contributed by atoms with Crippen LogP contribution in [0.5, 0.6) is 0 Å². The first-order valence-electron chi connectivity index (χ1n) is 10.2. The number of nitrogens with one attached hydrogen (secondary N) is 2. The van der Waals surface area contributed by atoms with Crippen LogP contribution in [0.1, 0.15) is 11.3 Å². The van der Waals surface area contributed by atoms with Crippen LogP contribution in [-0.2, 0) is 13.1 Å². The van der Waals surface area contributed by atoms with E-state index in [9.17, 15) is 0 Å². The summed E-state index contributed by atoms with van der Waals surface area (Å²) in [6, 6.07) is 22.3. The molecule has 0 fully saturated rings. The van der Waals surface area contributed by atoms with Crippen molar-refractivity contribution >= 4 is 44.3 Å². The predicted octanol–water partition coefficient (Wildman–Crippen LogP) is 5.39. The third-order valence-electron chi connectivity index (χ3n) is 4.98. The Kier molecular flexibility index (Phi) is 5.76. The van der Waals surface area contributed by atoms with Crippen molar-refractivity contribution in [2.24, 2.45) is 0 Å². The van der Waals surface area contributed by atoms with Crippen molar-refractivity contribution in [3.63, 3.8) is 0 Å². The Morgan fingerprint density at radius 3 is 2.62 bits per heavy atom. The second-order valence-electron chi connectivity index (χ2n) is 7.25. The summed E-state index contributed by atoms with van der Waals surface area (Å²) in [4.78, 5) is 13.3. The molecule has 0 aliphatic rings. The molecule has 8 heteroatoms. The maximum atomic E-state index is 4.59. The van der Waals surface area contributed by atoms with Crippen LogP contribution in [0.3, 0.4) is 0 Å². The van der Waals surface area contributed by atoms with Crippen LogP contribution in [0.4, 0.5) is 17.5 Å². The largest absolute Gasteiger partial charge is 0.363 e. The van der Waals surface area contributed by atoms with Crippen molar-refractivity contribution in [2.45, 2.75) is 13.1 Å². The number of rotatable bonds is 7. The Labute approximate surface area is 193 Å². The van der Waals surface area contributed by atoms with Crippen LogP contribution < -0.4 is 10.6 Å². The molecule has 5 aromatic rings. The Hall–Kier alpha value is -3.78. The Bertz CT molecular complexity index is 1340. The normalized spacial score (nSPS) is 10.9. The standard InChI is InChI=1S/C24H20BrN7/c25-21-15-28-24(31-23(21)27-14-20-8-4-5-11-26-20)30-19-9-10-22-18(12-19)13-29-32(22)16-17-6-2-1-3-7-17/h1-13,15H,14,16H2,(H2,27,28,30,31). The van der Waals surface area contributed by atoms with Gasteiger partial charge in [0.1, 0.15) is 5.82 Å². The van der Waals surface area contributed by atoms with Gasteiger partial charge in [0.05, 0.1) is 35.0 Å². The van der Waals surface area contributed by atoms with E-state index in [-0.39, 0.29) is 0 Å². The molecule has 2 aromatic carbocycles. The highest BCUT2D eigenvalue weighted by Crippen LogP contribution is 2.25. The van der Waals surface area contributed by atoms with Crippen molar-refractivity contribution in [1.29, 1.82) is 0 Å². The van der Waals surface area contributed by atoms with Crippen LogP contribution in [0.15, 0.2) is 89.8 Å². The van der Waals surface area contributed by atoms with Crippen LogP contribution in [0.25, 0.3) is 10.9 Å². The minimum absolute atomic E-state index is 0.507. The highest BCUT2D eigenvalue weighted by atomic mass is 79.9. The van der Waals surface area contributed by atoms with Crippen molar-refractivity contribution in [2.75, 3.05) is 10.6 Å². The lowest BCUT2D eigenvalue weighted by molar-refractivity contribution is 0.712. The molecular formula is C24H20BrN7. The van der Waals surface area contributed by atoms with Crippen LogP contribution in [-0.4, -0.2) is 24.7 Å². The van der Waals surface area contributed by atoms with E-state index in [1.807, 2.05) is 53.3 Å². The molecule has 5 rings (SSSR count). The second kappa shape index (κ2) is 9.15. The van der Waals surface area contributed by atoms with E-state index in [2.05, 4.69) is 70.9 Å². The zero-order valence-electron chi connectivity index (χ0n) is 17.1. The van der Waals surface area contributed by atoms with Gasteiger partial charge in [-0.15, -0.1) is 0 Å². The van der Waals surface area contributed by atoms with E-state index in [0.717, 1.165) is 33.3 Å². The zero-order valence-corrected chi connectivity index (χ0v) is 18.7. The number of hydrogen-bond acceptors (Lipinski definition) is 6. The van der Waals surface area contributed by atoms with Gasteiger partial charge in [-0.05, 0) is 51.8 Å². The molecule has 0 amide bonds. The van der Waals surface area contributed by atoms with Crippen molar-refractivity contribution in [1.82, 2.24) is 24.7 Å². The van der Waals surface area contributed by atoms with Gasteiger partial charge < -0.3 is 10.6 Å². The smallest absolute Gasteiger partial charge is 0.229 e. The minimum atomic E-state index is 0.507. The van der Waals surface area contributed by atoms with E-state index in [1.165, 1.54) is 5.56 Å². The van der Waals surface area contributed by atoms with Crippen molar-refractivity contribution in [3.05, 3.63) is 101 Å². The molecule has 0 atom stereocenters. The predicted molar refractivity (Wildman–Crippen MR) is 130 cm³/mol. The van der Waals surface area contributed by atoms with Gasteiger partial charge in [0.25, 0.3) is 0 Å². The van der Waals surface area contributed by atoms with Gasteiger partial charge in [0.2, 0.25) is 5.95 Å². The average Bonchev–Trinajstić information content (AvgIpc) is 3.22. The van der Waals surface area contributed by atoms with E-state index in [1.54, 1.807) is 12.4 Å². The number of fused-ring (bicyclic) bond motifs is 1. The lowest BCUT2D eigenvalue weighted by atomic mass is 10.2. The summed E-state index contributed by atoms with van der Waals surface area (Å²) in [6.07, 6.45) is 5.38. The molecule has 7 nitrogen and oxygen atoms in total. The van der Waals surface area contributed by atoms with Gasteiger partial charge in [0, 0.05) is 23.5 Å². The van der Waals surface area contributed by atoms with Crippen LogP contribution in [0, 0.1) is 0 Å². The third kappa shape index (κ3) is 4.60. The van der Waals surface area contributed by atoms with Gasteiger partial charge in [-0.25, -0.2) is 4.98 Å². The third-order valence-corrected chi connectivity index (χ3v) is 5.56. The lowest BCUT2D eigenvalue weighted by Crippen LogP contribution is -2.06. The Morgan fingerprint density at radius 2 is 1.78 bits per heavy atom. The molecule has 158 valence electrons. The van der Waals surface area contributed by atoms with Gasteiger partial charge in [-0.1, -0.05) is 36.4 Å². The van der Waals surface area contributed by atoms with E-state index in [0.29, 0.717) is 18.3 Å². The molecule has 0 saturated carbocycles. The fourth-order valence-electron chi connectivity index (χ4n) is 3.40. The second-order valence-corrected chi connectivity index (χ2v) is 8.11. The highest BCUT2D eigenvalue weighted by molar-refractivity contribution is 9.10. The highest BCUT2D eigenvalue weighted by Gasteiger charge is 2.08. The van der Waals surface area contributed by atoms with Gasteiger partial charge in [-0.3, -0.25) is 9.67 Å². The zero-order chi connectivity index (χ0) is 21.8. The summed E-state index contributed by atoms with van der Waals surface area (Å²) < 4.78 is 2.79. The number of benzene rings is 2. The molecule has 2 N–H and O–H groups in total.